The third-order valence-corrected chi connectivity index (χ3v) is 1.98. The molecule has 3 heteroatoms. The fraction of sp³-hybridized carbons (Fsp3) is 1.00. The summed E-state index contributed by atoms with van der Waals surface area (Å²) in [6.45, 7) is 6.29. The minimum absolute atomic E-state index is 0.577. The Bertz CT molecular complexity index is 97.6. The van der Waals surface area contributed by atoms with Gasteiger partial charge in [0.25, 0.3) is 0 Å². The molecule has 0 N–H and O–H groups in total. The van der Waals surface area contributed by atoms with E-state index in [1.54, 1.807) is 0 Å². The highest BCUT2D eigenvalue weighted by molar-refractivity contribution is 4.62. The Morgan fingerprint density at radius 1 is 1.20 bits per heavy atom. The maximum Gasteiger partial charge on any atom is 0.0418 e. The van der Waals surface area contributed by atoms with Gasteiger partial charge < -0.3 is 4.90 Å². The van der Waals surface area contributed by atoms with Crippen molar-refractivity contribution in [2.45, 2.75) is 13.3 Å². The highest BCUT2D eigenvalue weighted by Gasteiger charge is 2.11. The van der Waals surface area contributed by atoms with Gasteiger partial charge in [0.05, 0.1) is 0 Å². The highest BCUT2D eigenvalue weighted by Crippen LogP contribution is 2.01. The highest BCUT2D eigenvalue weighted by atomic mass is 19.2. The Labute approximate surface area is 61.5 Å². The van der Waals surface area contributed by atoms with E-state index in [4.69, 9.17) is 0 Å². The van der Waals surface area contributed by atoms with Crippen LogP contribution >= 0.6 is 0 Å². The molecule has 1 aliphatic heterocycles. The molecule has 1 fully saturated rings. The van der Waals surface area contributed by atoms with E-state index < -0.39 is 0 Å². The van der Waals surface area contributed by atoms with Crippen molar-refractivity contribution in [1.29, 1.82) is 0 Å². The van der Waals surface area contributed by atoms with E-state index in [-0.39, 0.29) is 0 Å². The van der Waals surface area contributed by atoms with Crippen molar-refractivity contribution in [1.82, 2.24) is 10.0 Å². The Hall–Kier alpha value is -0.150. The first-order chi connectivity index (χ1) is 4.83. The summed E-state index contributed by atoms with van der Waals surface area (Å²) in [6, 6.07) is 0. The van der Waals surface area contributed by atoms with Gasteiger partial charge >= 0.3 is 0 Å². The van der Waals surface area contributed by atoms with Gasteiger partial charge in [-0.3, -0.25) is 0 Å². The molecule has 1 aliphatic rings. The zero-order chi connectivity index (χ0) is 7.40. The molecule has 1 rings (SSSR count). The molecule has 0 aromatic carbocycles. The van der Waals surface area contributed by atoms with Crippen LogP contribution in [0.1, 0.15) is 13.3 Å². The molecule has 0 aromatic rings. The number of hydrogen-bond donors (Lipinski definition) is 0. The third kappa shape index (κ3) is 2.23. The van der Waals surface area contributed by atoms with Gasteiger partial charge in [-0.15, -0.1) is 9.60 Å². The second kappa shape index (κ2) is 3.88. The van der Waals surface area contributed by atoms with E-state index in [1.165, 1.54) is 0 Å². The summed E-state index contributed by atoms with van der Waals surface area (Å²) in [4.78, 5) is 2.28. The number of halogens is 1. The molecular weight excluding hydrogens is 131 g/mol. The van der Waals surface area contributed by atoms with Crippen LogP contribution in [0.3, 0.4) is 0 Å². The van der Waals surface area contributed by atoms with Crippen LogP contribution in [0.5, 0.6) is 0 Å². The van der Waals surface area contributed by atoms with Crippen LogP contribution in [0.25, 0.3) is 0 Å². The van der Waals surface area contributed by atoms with Crippen LogP contribution < -0.4 is 0 Å². The Kier molecular flexibility index (Phi) is 3.09. The number of hydrogen-bond acceptors (Lipinski definition) is 2. The lowest BCUT2D eigenvalue weighted by molar-refractivity contribution is 0.0308. The fourth-order valence-electron chi connectivity index (χ4n) is 1.26. The average molecular weight is 146 g/mol. The Morgan fingerprint density at radius 2 is 2.00 bits per heavy atom. The van der Waals surface area contributed by atoms with Crippen LogP contribution in [0.15, 0.2) is 0 Å². The lowest BCUT2D eigenvalue weighted by Gasteiger charge is -2.15. The maximum absolute atomic E-state index is 12.6. The minimum atomic E-state index is 0.577. The first-order valence-electron chi connectivity index (χ1n) is 3.96. The van der Waals surface area contributed by atoms with E-state index in [1.807, 2.05) is 0 Å². The summed E-state index contributed by atoms with van der Waals surface area (Å²) in [5.41, 5.74) is 0. The number of nitrogens with zero attached hydrogens (tertiary/aromatic N) is 2. The van der Waals surface area contributed by atoms with Crippen molar-refractivity contribution in [2.24, 2.45) is 0 Å². The van der Waals surface area contributed by atoms with Crippen LogP contribution in [0, 0.1) is 0 Å². The smallest absolute Gasteiger partial charge is 0.0418 e. The standard InChI is InChI=1S/C7H15FN2/c1-2-9-4-3-5-10(8)7-6-9/h2-7H2,1H3. The maximum atomic E-state index is 12.6. The van der Waals surface area contributed by atoms with Gasteiger partial charge in [0.15, 0.2) is 0 Å². The first kappa shape index (κ1) is 7.95. The van der Waals surface area contributed by atoms with Gasteiger partial charge in [-0.05, 0) is 19.5 Å². The molecule has 0 aliphatic carbocycles. The van der Waals surface area contributed by atoms with E-state index in [0.29, 0.717) is 13.1 Å². The van der Waals surface area contributed by atoms with Crippen molar-refractivity contribution in [2.75, 3.05) is 32.7 Å². The van der Waals surface area contributed by atoms with Crippen LogP contribution in [-0.2, 0) is 0 Å². The van der Waals surface area contributed by atoms with Gasteiger partial charge in [0, 0.05) is 19.6 Å². The summed E-state index contributed by atoms with van der Waals surface area (Å²) >= 11 is 0. The van der Waals surface area contributed by atoms with E-state index >= 15 is 0 Å². The molecule has 0 unspecified atom stereocenters. The molecule has 60 valence electrons. The topological polar surface area (TPSA) is 6.48 Å². The molecule has 0 atom stereocenters. The Morgan fingerprint density at radius 3 is 2.70 bits per heavy atom. The van der Waals surface area contributed by atoms with E-state index in [2.05, 4.69) is 11.8 Å². The predicted molar refractivity (Wildman–Crippen MR) is 39.4 cm³/mol. The normalized spacial score (nSPS) is 24.6. The van der Waals surface area contributed by atoms with Crippen LogP contribution in [0.2, 0.25) is 0 Å². The Balaban J connectivity index is 2.26. The summed E-state index contributed by atoms with van der Waals surface area (Å²) in [5, 5.41) is 0.912. The molecule has 0 bridgehead atoms. The van der Waals surface area contributed by atoms with Crippen LogP contribution in [-0.4, -0.2) is 42.7 Å². The summed E-state index contributed by atoms with van der Waals surface area (Å²) < 4.78 is 12.6. The second-order valence-corrected chi connectivity index (χ2v) is 2.70. The zero-order valence-electron chi connectivity index (χ0n) is 6.52. The monoisotopic (exact) mass is 146 g/mol. The quantitative estimate of drug-likeness (QED) is 0.507. The van der Waals surface area contributed by atoms with Crippen molar-refractivity contribution in [3.8, 4) is 0 Å². The molecule has 0 saturated carbocycles. The minimum Gasteiger partial charge on any atom is -0.302 e. The van der Waals surface area contributed by atoms with Gasteiger partial charge in [-0.1, -0.05) is 6.92 Å². The molecule has 2 nitrogen and oxygen atoms in total. The van der Waals surface area contributed by atoms with Crippen LogP contribution in [0.4, 0.5) is 4.48 Å². The lowest BCUT2D eigenvalue weighted by Crippen LogP contribution is -2.27. The van der Waals surface area contributed by atoms with E-state index in [9.17, 15) is 4.48 Å². The van der Waals surface area contributed by atoms with Crippen molar-refractivity contribution in [3.63, 3.8) is 0 Å². The largest absolute Gasteiger partial charge is 0.302 e. The lowest BCUT2D eigenvalue weighted by atomic mass is 10.4. The fourth-order valence-corrected chi connectivity index (χ4v) is 1.26. The number of rotatable bonds is 1. The van der Waals surface area contributed by atoms with Gasteiger partial charge in [-0.2, -0.15) is 0 Å². The third-order valence-electron chi connectivity index (χ3n) is 1.98. The molecule has 0 spiro atoms. The number of likely N-dealkylation sites (N-methyl/N-ethyl adjacent to an activating group) is 1. The summed E-state index contributed by atoms with van der Waals surface area (Å²) in [7, 11) is 0. The molecule has 0 aromatic heterocycles. The summed E-state index contributed by atoms with van der Waals surface area (Å²) in [5.74, 6) is 0. The molecule has 10 heavy (non-hydrogen) atoms. The molecule has 0 amide bonds. The first-order valence-corrected chi connectivity index (χ1v) is 3.96. The second-order valence-electron chi connectivity index (χ2n) is 2.70. The SMILES string of the molecule is CCN1CCCN(F)CC1. The average Bonchev–Trinajstić information content (AvgIpc) is 2.14. The molecule has 1 saturated heterocycles. The van der Waals surface area contributed by atoms with Gasteiger partial charge in [-0.25, -0.2) is 0 Å². The predicted octanol–water partition coefficient (Wildman–Crippen LogP) is 0.898. The molecular formula is C7H15FN2. The van der Waals surface area contributed by atoms with Gasteiger partial charge in [0.2, 0.25) is 0 Å². The molecule has 1 heterocycles. The zero-order valence-corrected chi connectivity index (χ0v) is 6.52. The summed E-state index contributed by atoms with van der Waals surface area (Å²) in [6.07, 6.45) is 0.963. The van der Waals surface area contributed by atoms with Crippen molar-refractivity contribution in [3.05, 3.63) is 0 Å². The van der Waals surface area contributed by atoms with Gasteiger partial charge in [0.1, 0.15) is 0 Å². The molecule has 0 radical (unpaired) electrons. The van der Waals surface area contributed by atoms with Crippen molar-refractivity contribution >= 4 is 0 Å². The van der Waals surface area contributed by atoms with Crippen molar-refractivity contribution < 1.29 is 4.48 Å². The van der Waals surface area contributed by atoms with E-state index in [0.717, 1.165) is 31.2 Å².